The van der Waals surface area contributed by atoms with Gasteiger partial charge in [-0.25, -0.2) is 0 Å². The maximum atomic E-state index is 12.9. The number of carbonyl (C=O) groups excluding carboxylic acids is 1. The van der Waals surface area contributed by atoms with Crippen LogP contribution in [0.5, 0.6) is 0 Å². The third kappa shape index (κ3) is 5.50. The van der Waals surface area contributed by atoms with E-state index in [1.54, 1.807) is 12.1 Å². The summed E-state index contributed by atoms with van der Waals surface area (Å²) in [6.45, 7) is 5.86. The second-order valence-corrected chi connectivity index (χ2v) is 9.83. The third-order valence-electron chi connectivity index (χ3n) is 5.30. The molecular formula is C27H25N3O3S. The number of rotatable bonds is 6. The van der Waals surface area contributed by atoms with Crippen LogP contribution in [0.3, 0.4) is 0 Å². The van der Waals surface area contributed by atoms with Gasteiger partial charge in [0.05, 0.1) is 16.3 Å². The van der Waals surface area contributed by atoms with Gasteiger partial charge in [0.2, 0.25) is 5.78 Å². The number of nitrogens with zero attached hydrogens (tertiary/aromatic N) is 1. The van der Waals surface area contributed by atoms with Crippen LogP contribution in [-0.4, -0.2) is 19.9 Å². The minimum atomic E-state index is -4.05. The van der Waals surface area contributed by atoms with Gasteiger partial charge in [0.25, 0.3) is 10.0 Å². The van der Waals surface area contributed by atoms with Gasteiger partial charge in [0.1, 0.15) is 5.71 Å². The molecule has 0 aromatic heterocycles. The van der Waals surface area contributed by atoms with Gasteiger partial charge in [0.15, 0.2) is 0 Å². The molecular weight excluding hydrogens is 446 g/mol. The minimum absolute atomic E-state index is 0.0346. The second kappa shape index (κ2) is 9.49. The highest BCUT2D eigenvalue weighted by Gasteiger charge is 2.23. The van der Waals surface area contributed by atoms with Crippen molar-refractivity contribution < 1.29 is 13.2 Å². The number of anilines is 2. The Morgan fingerprint density at radius 2 is 1.03 bits per heavy atom. The molecule has 0 atom stereocenters. The van der Waals surface area contributed by atoms with Crippen molar-refractivity contribution in [1.82, 2.24) is 0 Å². The molecule has 1 aliphatic rings. The molecule has 0 saturated heterocycles. The summed E-state index contributed by atoms with van der Waals surface area (Å²) in [5.74, 6) is -0.500. The maximum absolute atomic E-state index is 12.9. The van der Waals surface area contributed by atoms with E-state index in [-0.39, 0.29) is 10.6 Å². The van der Waals surface area contributed by atoms with E-state index in [2.05, 4.69) is 15.0 Å². The Bertz CT molecular complexity index is 1420. The lowest BCUT2D eigenvalue weighted by molar-refractivity contribution is -0.108. The highest BCUT2D eigenvalue weighted by molar-refractivity contribution is 7.90. The largest absolute Gasteiger partial charge is 0.354 e. The molecule has 0 aliphatic heterocycles. The van der Waals surface area contributed by atoms with Gasteiger partial charge >= 0.3 is 0 Å². The van der Waals surface area contributed by atoms with E-state index in [9.17, 15) is 13.2 Å². The quantitative estimate of drug-likeness (QED) is 0.475. The molecule has 0 bridgehead atoms. The van der Waals surface area contributed by atoms with E-state index in [1.165, 1.54) is 24.3 Å². The molecule has 3 aromatic rings. The van der Waals surface area contributed by atoms with E-state index in [0.717, 1.165) is 28.1 Å². The number of sulfonamides is 1. The van der Waals surface area contributed by atoms with Gasteiger partial charge in [0, 0.05) is 17.5 Å². The molecule has 0 radical (unpaired) electrons. The SMILES string of the molecule is Cc1ccc(NC2=CC(=O)C(=NS(=O)(=O)c3ccc(C)cc3)C=C2Nc2ccc(C)cc2)cc1. The zero-order valence-electron chi connectivity index (χ0n) is 19.2. The van der Waals surface area contributed by atoms with Crippen molar-refractivity contribution in [2.24, 2.45) is 4.40 Å². The summed E-state index contributed by atoms with van der Waals surface area (Å²) in [5.41, 5.74) is 5.63. The van der Waals surface area contributed by atoms with Crippen LogP contribution >= 0.6 is 0 Å². The molecule has 2 N–H and O–H groups in total. The molecule has 0 heterocycles. The van der Waals surface area contributed by atoms with Crippen LogP contribution in [-0.2, 0) is 14.8 Å². The molecule has 34 heavy (non-hydrogen) atoms. The van der Waals surface area contributed by atoms with Crippen LogP contribution < -0.4 is 10.6 Å². The lowest BCUT2D eigenvalue weighted by atomic mass is 10.0. The summed E-state index contributed by atoms with van der Waals surface area (Å²) in [6, 6.07) is 21.9. The Labute approximate surface area is 199 Å². The van der Waals surface area contributed by atoms with E-state index in [0.29, 0.717) is 11.4 Å². The Balaban J connectivity index is 1.71. The molecule has 1 aliphatic carbocycles. The number of carbonyl (C=O) groups is 1. The fraction of sp³-hybridized carbons (Fsp3) is 0.111. The average molecular weight is 472 g/mol. The molecule has 0 fully saturated rings. The molecule has 6 nitrogen and oxygen atoms in total. The van der Waals surface area contributed by atoms with Gasteiger partial charge in [-0.2, -0.15) is 12.8 Å². The maximum Gasteiger partial charge on any atom is 0.282 e. The summed E-state index contributed by atoms with van der Waals surface area (Å²) < 4.78 is 29.5. The number of hydrogen-bond acceptors (Lipinski definition) is 5. The highest BCUT2D eigenvalue weighted by atomic mass is 32.2. The predicted molar refractivity (Wildman–Crippen MR) is 137 cm³/mol. The van der Waals surface area contributed by atoms with Gasteiger partial charge in [-0.3, -0.25) is 4.79 Å². The number of aryl methyl sites for hydroxylation is 3. The summed E-state index contributed by atoms with van der Waals surface area (Å²) in [7, 11) is -4.05. The molecule has 3 aromatic carbocycles. The second-order valence-electron chi connectivity index (χ2n) is 8.23. The van der Waals surface area contributed by atoms with E-state index >= 15 is 0 Å². The lowest BCUT2D eigenvalue weighted by Crippen LogP contribution is -2.23. The Morgan fingerprint density at radius 1 is 0.618 bits per heavy atom. The zero-order chi connectivity index (χ0) is 24.3. The summed E-state index contributed by atoms with van der Waals surface area (Å²) >= 11 is 0. The van der Waals surface area contributed by atoms with Crippen molar-refractivity contribution in [1.29, 1.82) is 0 Å². The van der Waals surface area contributed by atoms with Crippen LogP contribution in [0.2, 0.25) is 0 Å². The average Bonchev–Trinajstić information content (AvgIpc) is 2.80. The topological polar surface area (TPSA) is 87.6 Å². The molecule has 172 valence electrons. The van der Waals surface area contributed by atoms with Crippen LogP contribution in [0.25, 0.3) is 0 Å². The first kappa shape index (κ1) is 23.2. The molecule has 7 heteroatoms. The van der Waals surface area contributed by atoms with E-state index < -0.39 is 15.8 Å². The summed E-state index contributed by atoms with van der Waals surface area (Å²) in [6.07, 6.45) is 2.82. The fourth-order valence-electron chi connectivity index (χ4n) is 3.32. The van der Waals surface area contributed by atoms with Gasteiger partial charge in [-0.15, -0.1) is 0 Å². The van der Waals surface area contributed by atoms with Crippen molar-refractivity contribution in [3.8, 4) is 0 Å². The van der Waals surface area contributed by atoms with Crippen molar-refractivity contribution in [2.75, 3.05) is 10.6 Å². The lowest BCUT2D eigenvalue weighted by Gasteiger charge is -2.20. The van der Waals surface area contributed by atoms with Crippen molar-refractivity contribution in [2.45, 2.75) is 25.7 Å². The third-order valence-corrected chi connectivity index (χ3v) is 6.60. The number of ketones is 1. The standard InChI is InChI=1S/C27H25N3O3S/c1-18-4-10-21(11-5-18)28-24-16-26(30-34(32,33)23-14-8-20(3)9-15-23)27(31)17-25(24)29-22-12-6-19(2)7-13-22/h4-17,28-29H,1-3H3. The van der Waals surface area contributed by atoms with Crippen molar-refractivity contribution >= 4 is 32.9 Å². The molecule has 4 rings (SSSR count). The first-order valence-electron chi connectivity index (χ1n) is 10.8. The molecule has 0 spiro atoms. The predicted octanol–water partition coefficient (Wildman–Crippen LogP) is 5.32. The van der Waals surface area contributed by atoms with Crippen LogP contribution in [0, 0.1) is 20.8 Å². The number of allylic oxidation sites excluding steroid dienone is 2. The molecule has 0 saturated carbocycles. The minimum Gasteiger partial charge on any atom is -0.354 e. The fourth-order valence-corrected chi connectivity index (χ4v) is 4.31. The Hall–Kier alpha value is -3.97. The van der Waals surface area contributed by atoms with Crippen molar-refractivity contribution in [3.05, 3.63) is 113 Å². The molecule has 0 amide bonds. The first-order valence-corrected chi connectivity index (χ1v) is 12.2. The number of hydrogen-bond donors (Lipinski definition) is 2. The summed E-state index contributed by atoms with van der Waals surface area (Å²) in [4.78, 5) is 12.9. The summed E-state index contributed by atoms with van der Waals surface area (Å²) in [5, 5.41) is 6.52. The number of benzene rings is 3. The normalized spacial score (nSPS) is 15.0. The Morgan fingerprint density at radius 3 is 1.50 bits per heavy atom. The monoisotopic (exact) mass is 471 g/mol. The zero-order valence-corrected chi connectivity index (χ0v) is 20.0. The van der Waals surface area contributed by atoms with Gasteiger partial charge in [-0.05, 0) is 63.2 Å². The van der Waals surface area contributed by atoms with Crippen LogP contribution in [0.15, 0.2) is 106 Å². The Kier molecular flexibility index (Phi) is 6.47. The van der Waals surface area contributed by atoms with Crippen LogP contribution in [0.4, 0.5) is 11.4 Å². The smallest absolute Gasteiger partial charge is 0.282 e. The van der Waals surface area contributed by atoms with E-state index in [1.807, 2.05) is 69.3 Å². The van der Waals surface area contributed by atoms with Gasteiger partial charge < -0.3 is 10.6 Å². The van der Waals surface area contributed by atoms with E-state index in [4.69, 9.17) is 0 Å². The van der Waals surface area contributed by atoms with Crippen LogP contribution in [0.1, 0.15) is 16.7 Å². The van der Waals surface area contributed by atoms with Gasteiger partial charge in [-0.1, -0.05) is 53.1 Å². The highest BCUT2D eigenvalue weighted by Crippen LogP contribution is 2.24. The van der Waals surface area contributed by atoms with Crippen molar-refractivity contribution in [3.63, 3.8) is 0 Å². The first-order chi connectivity index (χ1) is 16.2. The number of nitrogens with one attached hydrogen (secondary N) is 2. The molecule has 0 unspecified atom stereocenters.